The molecule has 5 aromatic carbocycles. The number of aromatic hydroxyl groups is 4. The summed E-state index contributed by atoms with van der Waals surface area (Å²) in [7, 11) is 0. The largest absolute Gasteiger partial charge is 0.507 e. The number of aryl methyl sites for hydroxylation is 2. The highest BCUT2D eigenvalue weighted by molar-refractivity contribution is 5.69. The molecular formula is C40H40O4. The molecule has 0 unspecified atom stereocenters. The van der Waals surface area contributed by atoms with Crippen LogP contribution in [0.15, 0.2) is 78.9 Å². The zero-order valence-electron chi connectivity index (χ0n) is 26.1. The van der Waals surface area contributed by atoms with Crippen LogP contribution >= 0.6 is 0 Å². The van der Waals surface area contributed by atoms with Crippen LogP contribution in [0.1, 0.15) is 82.0 Å². The van der Waals surface area contributed by atoms with E-state index in [1.165, 1.54) is 0 Å². The van der Waals surface area contributed by atoms with Gasteiger partial charge in [-0.1, -0.05) is 98.6 Å². The molecule has 0 heterocycles. The summed E-state index contributed by atoms with van der Waals surface area (Å²) in [5.74, 6) is 0.702. The predicted octanol–water partition coefficient (Wildman–Crippen LogP) is 8.77. The second-order valence-corrected chi connectivity index (χ2v) is 13.5. The highest BCUT2D eigenvalue weighted by Crippen LogP contribution is 2.41. The quantitative estimate of drug-likeness (QED) is 0.156. The molecule has 0 aliphatic heterocycles. The van der Waals surface area contributed by atoms with Crippen LogP contribution in [0.2, 0.25) is 0 Å². The number of phenols is 4. The topological polar surface area (TPSA) is 80.9 Å². The third-order valence-electron chi connectivity index (χ3n) is 8.86. The van der Waals surface area contributed by atoms with Gasteiger partial charge in [-0.15, -0.1) is 0 Å². The van der Waals surface area contributed by atoms with Gasteiger partial charge in [0.15, 0.2) is 0 Å². The van der Waals surface area contributed by atoms with Crippen molar-refractivity contribution in [2.24, 2.45) is 0 Å². The molecular weight excluding hydrogens is 544 g/mol. The summed E-state index contributed by atoms with van der Waals surface area (Å²) in [6.45, 7) is 10.4. The van der Waals surface area contributed by atoms with E-state index in [-0.39, 0.29) is 28.4 Å². The molecule has 0 spiro atoms. The highest BCUT2D eigenvalue weighted by atomic mass is 16.3. The van der Waals surface area contributed by atoms with Crippen molar-refractivity contribution < 1.29 is 20.4 Å². The van der Waals surface area contributed by atoms with E-state index < -0.39 is 0 Å². The van der Waals surface area contributed by atoms with Gasteiger partial charge in [-0.25, -0.2) is 0 Å². The van der Waals surface area contributed by atoms with Gasteiger partial charge in [-0.2, -0.15) is 0 Å². The summed E-state index contributed by atoms with van der Waals surface area (Å²) < 4.78 is 0. The minimum Gasteiger partial charge on any atom is -0.507 e. The van der Waals surface area contributed by atoms with E-state index in [1.54, 1.807) is 0 Å². The average Bonchev–Trinajstić information content (AvgIpc) is 2.97. The van der Waals surface area contributed by atoms with Gasteiger partial charge in [0.1, 0.15) is 23.0 Å². The molecule has 5 aromatic rings. The fourth-order valence-electron chi connectivity index (χ4n) is 6.52. The van der Waals surface area contributed by atoms with Crippen molar-refractivity contribution in [3.8, 4) is 34.1 Å². The lowest BCUT2D eigenvalue weighted by Crippen LogP contribution is -2.13. The maximum Gasteiger partial charge on any atom is 0.122 e. The van der Waals surface area contributed by atoms with Crippen molar-refractivity contribution in [2.75, 3.05) is 0 Å². The zero-order chi connectivity index (χ0) is 31.3. The fraction of sp³-hybridized carbons (Fsp3) is 0.250. The van der Waals surface area contributed by atoms with Gasteiger partial charge in [0.2, 0.25) is 0 Å². The first-order valence-electron chi connectivity index (χ1n) is 15.3. The van der Waals surface area contributed by atoms with Gasteiger partial charge < -0.3 is 20.4 Å². The molecule has 6 rings (SSSR count). The lowest BCUT2D eigenvalue weighted by molar-refractivity contribution is 0.450. The van der Waals surface area contributed by atoms with Gasteiger partial charge in [0, 0.05) is 25.7 Å². The van der Waals surface area contributed by atoms with Gasteiger partial charge >= 0.3 is 0 Å². The van der Waals surface area contributed by atoms with Crippen molar-refractivity contribution in [1.29, 1.82) is 0 Å². The fourth-order valence-corrected chi connectivity index (χ4v) is 6.52. The summed E-state index contributed by atoms with van der Waals surface area (Å²) in [4.78, 5) is 0. The Morgan fingerprint density at radius 1 is 0.432 bits per heavy atom. The van der Waals surface area contributed by atoms with E-state index in [9.17, 15) is 20.4 Å². The Balaban J connectivity index is 1.63. The lowest BCUT2D eigenvalue weighted by Gasteiger charge is -2.24. The van der Waals surface area contributed by atoms with Crippen molar-refractivity contribution >= 4 is 0 Å². The molecule has 1 aliphatic rings. The lowest BCUT2D eigenvalue weighted by atomic mass is 9.82. The smallest absolute Gasteiger partial charge is 0.122 e. The summed E-state index contributed by atoms with van der Waals surface area (Å²) in [5, 5.41) is 46.5. The summed E-state index contributed by atoms with van der Waals surface area (Å²) in [5.41, 5.74) is 10.6. The van der Waals surface area contributed by atoms with Crippen molar-refractivity contribution in [3.05, 3.63) is 140 Å². The number of benzene rings is 5. The van der Waals surface area contributed by atoms with Crippen LogP contribution in [0.4, 0.5) is 0 Å². The number of fused-ring (bicyclic) bond motifs is 8. The van der Waals surface area contributed by atoms with E-state index in [0.29, 0.717) is 47.9 Å². The monoisotopic (exact) mass is 584 g/mol. The van der Waals surface area contributed by atoms with Crippen LogP contribution in [0, 0.1) is 13.8 Å². The van der Waals surface area contributed by atoms with E-state index in [0.717, 1.165) is 50.1 Å². The maximum absolute atomic E-state index is 11.7. The van der Waals surface area contributed by atoms with Gasteiger partial charge in [-0.05, 0) is 92.6 Å². The van der Waals surface area contributed by atoms with E-state index >= 15 is 0 Å². The average molecular weight is 585 g/mol. The molecule has 0 saturated carbocycles. The minimum absolute atomic E-state index is 0.166. The third kappa shape index (κ3) is 5.65. The Morgan fingerprint density at radius 3 is 1.09 bits per heavy atom. The van der Waals surface area contributed by atoms with Crippen molar-refractivity contribution in [2.45, 2.75) is 65.7 Å². The van der Waals surface area contributed by atoms with Crippen LogP contribution < -0.4 is 0 Å². The summed E-state index contributed by atoms with van der Waals surface area (Å²) >= 11 is 0. The van der Waals surface area contributed by atoms with Crippen LogP contribution in [0.5, 0.6) is 23.0 Å². The number of phenolic OH excluding ortho intramolecular Hbond substituents is 4. The molecule has 0 amide bonds. The molecule has 0 atom stereocenters. The summed E-state index contributed by atoms with van der Waals surface area (Å²) in [6.07, 6.45) is 1.33. The maximum atomic E-state index is 11.7. The predicted molar refractivity (Wildman–Crippen MR) is 177 cm³/mol. The first kappa shape index (κ1) is 29.4. The van der Waals surface area contributed by atoms with Crippen molar-refractivity contribution in [1.82, 2.24) is 0 Å². The minimum atomic E-state index is -0.172. The Bertz CT molecular complexity index is 1790. The van der Waals surface area contributed by atoms with Crippen LogP contribution in [-0.2, 0) is 31.1 Å². The first-order chi connectivity index (χ1) is 20.9. The molecule has 4 heteroatoms. The molecule has 44 heavy (non-hydrogen) atoms. The van der Waals surface area contributed by atoms with Gasteiger partial charge in [-0.3, -0.25) is 0 Å². The van der Waals surface area contributed by atoms with Crippen LogP contribution in [-0.4, -0.2) is 20.4 Å². The molecule has 0 saturated heterocycles. The summed E-state index contributed by atoms with van der Waals surface area (Å²) in [6, 6.07) is 26.0. The van der Waals surface area contributed by atoms with E-state index in [1.807, 2.05) is 92.7 Å². The molecule has 0 aromatic heterocycles. The number of hydrogen-bond acceptors (Lipinski definition) is 4. The number of hydrogen-bond donors (Lipinski definition) is 4. The molecule has 1 aliphatic carbocycles. The van der Waals surface area contributed by atoms with Crippen LogP contribution in [0.3, 0.4) is 0 Å². The molecule has 0 fully saturated rings. The van der Waals surface area contributed by atoms with E-state index in [2.05, 4.69) is 20.8 Å². The van der Waals surface area contributed by atoms with Gasteiger partial charge in [0.25, 0.3) is 0 Å². The zero-order valence-corrected chi connectivity index (χ0v) is 26.1. The number of rotatable bonds is 1. The highest BCUT2D eigenvalue weighted by Gasteiger charge is 2.23. The normalized spacial score (nSPS) is 13.1. The van der Waals surface area contributed by atoms with Crippen molar-refractivity contribution in [3.63, 3.8) is 0 Å². The molecule has 4 N–H and O–H groups in total. The first-order valence-corrected chi connectivity index (χ1v) is 15.3. The Morgan fingerprint density at radius 2 is 0.750 bits per heavy atom. The standard InChI is InChI=1S/C40H40O4/c1-23-11-27-17-31-15-26(25-9-7-6-8-10-25)16-32(38(31)43)18-28-12-24(2)14-30(37(28)42)20-34-22-35(40(3,4)5)21-33(39(34)44)19-29(13-23)36(27)41/h6-16,21-22,41-44H,17-20H2,1-5H3. The van der Waals surface area contributed by atoms with Gasteiger partial charge in [0.05, 0.1) is 0 Å². The van der Waals surface area contributed by atoms with Crippen LogP contribution in [0.25, 0.3) is 11.1 Å². The molecule has 8 bridgehead atoms. The Kier molecular flexibility index (Phi) is 7.41. The SMILES string of the molecule is Cc1cc2c(O)c(c1)Cc1cc(C(C)(C)C)cc(c1O)Cc1cc(C)cc(c1O)Cc1cc(-c3ccccc3)cc(c1O)C2. The second-order valence-electron chi connectivity index (χ2n) is 13.5. The third-order valence-corrected chi connectivity index (χ3v) is 8.86. The molecule has 224 valence electrons. The Labute approximate surface area is 259 Å². The molecule has 4 nitrogen and oxygen atoms in total. The second kappa shape index (κ2) is 11.1. The molecule has 0 radical (unpaired) electrons. The van der Waals surface area contributed by atoms with E-state index in [4.69, 9.17) is 0 Å². The Hall–Kier alpha value is -4.70.